The van der Waals surface area contributed by atoms with E-state index in [1.165, 1.54) is 4.90 Å². The third kappa shape index (κ3) is 4.53. The van der Waals surface area contributed by atoms with E-state index < -0.39 is 24.0 Å². The highest BCUT2D eigenvalue weighted by atomic mass is 16.5. The average molecular weight is 362 g/mol. The second-order valence-corrected chi connectivity index (χ2v) is 6.27. The molecule has 0 radical (unpaired) electrons. The van der Waals surface area contributed by atoms with E-state index in [9.17, 15) is 19.5 Å². The van der Waals surface area contributed by atoms with Crippen molar-refractivity contribution in [1.29, 1.82) is 0 Å². The summed E-state index contributed by atoms with van der Waals surface area (Å²) in [7, 11) is 0. The Morgan fingerprint density at radius 2 is 2.04 bits per heavy atom. The standard InChI is InChI=1S/C19H26N2O5/c1-3-8-14(19(24)25)20-17(22)15-10-7-12-21(15)18(23)13-9-5-6-11-16(13)26-4-2/h5-6,9,11,14-15H,3-4,7-8,10,12H2,1-2H3,(H,20,22)(H,24,25). The van der Waals surface area contributed by atoms with E-state index >= 15 is 0 Å². The summed E-state index contributed by atoms with van der Waals surface area (Å²) in [5.74, 6) is -1.25. The summed E-state index contributed by atoms with van der Waals surface area (Å²) in [4.78, 5) is 38.3. The molecule has 1 fully saturated rings. The number of likely N-dealkylation sites (tertiary alicyclic amines) is 1. The molecule has 0 aliphatic carbocycles. The smallest absolute Gasteiger partial charge is 0.326 e. The molecule has 2 N–H and O–H groups in total. The first kappa shape index (κ1) is 19.8. The van der Waals surface area contributed by atoms with Gasteiger partial charge in [-0.2, -0.15) is 0 Å². The molecule has 1 heterocycles. The summed E-state index contributed by atoms with van der Waals surface area (Å²) >= 11 is 0. The van der Waals surface area contributed by atoms with Crippen LogP contribution >= 0.6 is 0 Å². The van der Waals surface area contributed by atoms with E-state index in [1.807, 2.05) is 13.8 Å². The Hall–Kier alpha value is -2.57. The van der Waals surface area contributed by atoms with Crippen LogP contribution in [0.25, 0.3) is 0 Å². The molecule has 1 aromatic rings. The number of benzene rings is 1. The number of carboxylic acid groups (broad SMARTS) is 1. The lowest BCUT2D eigenvalue weighted by Gasteiger charge is -2.26. The lowest BCUT2D eigenvalue weighted by atomic mass is 10.1. The van der Waals surface area contributed by atoms with Gasteiger partial charge in [0.15, 0.2) is 0 Å². The van der Waals surface area contributed by atoms with Gasteiger partial charge in [0.1, 0.15) is 17.8 Å². The second kappa shape index (κ2) is 9.22. The lowest BCUT2D eigenvalue weighted by molar-refractivity contribution is -0.142. The fourth-order valence-electron chi connectivity index (χ4n) is 3.18. The minimum atomic E-state index is -1.06. The van der Waals surface area contributed by atoms with Gasteiger partial charge < -0.3 is 20.1 Å². The van der Waals surface area contributed by atoms with Crippen molar-refractivity contribution in [3.63, 3.8) is 0 Å². The van der Waals surface area contributed by atoms with Crippen molar-refractivity contribution in [2.75, 3.05) is 13.2 Å². The topological polar surface area (TPSA) is 95.9 Å². The maximum absolute atomic E-state index is 13.0. The zero-order chi connectivity index (χ0) is 19.1. The number of hydrogen-bond acceptors (Lipinski definition) is 4. The number of nitrogens with zero attached hydrogens (tertiary/aromatic N) is 1. The van der Waals surface area contributed by atoms with Crippen LogP contribution in [0, 0.1) is 0 Å². The molecular weight excluding hydrogens is 336 g/mol. The first-order valence-electron chi connectivity index (χ1n) is 9.05. The molecule has 1 aromatic carbocycles. The summed E-state index contributed by atoms with van der Waals surface area (Å²) in [5, 5.41) is 11.8. The number of carboxylic acids is 1. The van der Waals surface area contributed by atoms with Crippen LogP contribution < -0.4 is 10.1 Å². The van der Waals surface area contributed by atoms with Gasteiger partial charge in [-0.1, -0.05) is 25.5 Å². The summed E-state index contributed by atoms with van der Waals surface area (Å²) < 4.78 is 5.52. The number of ether oxygens (including phenoxy) is 1. The molecule has 2 unspecified atom stereocenters. The van der Waals surface area contributed by atoms with Gasteiger partial charge in [0, 0.05) is 6.54 Å². The Morgan fingerprint density at radius 3 is 2.69 bits per heavy atom. The molecule has 7 heteroatoms. The molecule has 2 amide bonds. The molecule has 1 aliphatic heterocycles. The highest BCUT2D eigenvalue weighted by molar-refractivity contribution is 6.00. The first-order chi connectivity index (χ1) is 12.5. The normalized spacial score (nSPS) is 17.6. The van der Waals surface area contributed by atoms with E-state index in [-0.39, 0.29) is 5.91 Å². The van der Waals surface area contributed by atoms with E-state index in [2.05, 4.69) is 5.32 Å². The molecule has 0 spiro atoms. The molecule has 0 saturated carbocycles. The van der Waals surface area contributed by atoms with Crippen LogP contribution in [0.5, 0.6) is 5.75 Å². The molecule has 2 atom stereocenters. The molecular formula is C19H26N2O5. The predicted octanol–water partition coefficient (Wildman–Crippen LogP) is 2.06. The van der Waals surface area contributed by atoms with Crippen LogP contribution in [0.2, 0.25) is 0 Å². The third-order valence-electron chi connectivity index (χ3n) is 4.43. The van der Waals surface area contributed by atoms with Crippen molar-refractivity contribution in [3.05, 3.63) is 29.8 Å². The number of nitrogens with one attached hydrogen (secondary N) is 1. The van der Waals surface area contributed by atoms with Crippen molar-refractivity contribution < 1.29 is 24.2 Å². The summed E-state index contributed by atoms with van der Waals surface area (Å²) in [6.45, 7) is 4.60. The van der Waals surface area contributed by atoms with E-state index in [4.69, 9.17) is 4.74 Å². The number of para-hydroxylation sites is 1. The number of carbonyl (C=O) groups excluding carboxylic acids is 2. The average Bonchev–Trinajstić information content (AvgIpc) is 3.11. The Morgan fingerprint density at radius 1 is 1.31 bits per heavy atom. The minimum absolute atomic E-state index is 0.269. The van der Waals surface area contributed by atoms with Crippen LogP contribution in [0.4, 0.5) is 0 Å². The predicted molar refractivity (Wildman–Crippen MR) is 96.1 cm³/mol. The van der Waals surface area contributed by atoms with Gasteiger partial charge in [0.25, 0.3) is 5.91 Å². The van der Waals surface area contributed by atoms with Crippen molar-refractivity contribution in [3.8, 4) is 5.75 Å². The Labute approximate surface area is 153 Å². The number of carbonyl (C=O) groups is 3. The first-order valence-corrected chi connectivity index (χ1v) is 9.05. The van der Waals surface area contributed by atoms with Crippen molar-refractivity contribution >= 4 is 17.8 Å². The lowest BCUT2D eigenvalue weighted by Crippen LogP contribution is -2.50. The molecule has 0 aromatic heterocycles. The maximum atomic E-state index is 13.0. The van der Waals surface area contributed by atoms with Gasteiger partial charge in [-0.25, -0.2) is 4.79 Å². The maximum Gasteiger partial charge on any atom is 0.326 e. The minimum Gasteiger partial charge on any atom is -0.493 e. The van der Waals surface area contributed by atoms with E-state index in [1.54, 1.807) is 24.3 Å². The fourth-order valence-corrected chi connectivity index (χ4v) is 3.18. The molecule has 1 saturated heterocycles. The molecule has 142 valence electrons. The van der Waals surface area contributed by atoms with Gasteiger partial charge in [-0.15, -0.1) is 0 Å². The monoisotopic (exact) mass is 362 g/mol. The van der Waals surface area contributed by atoms with Gasteiger partial charge in [0.05, 0.1) is 12.2 Å². The van der Waals surface area contributed by atoms with Crippen LogP contribution in [-0.4, -0.2) is 53.0 Å². The SMILES string of the molecule is CCCC(NC(=O)C1CCCN1C(=O)c1ccccc1OCC)C(=O)O. The van der Waals surface area contributed by atoms with Crippen molar-refractivity contribution in [2.45, 2.75) is 51.6 Å². The van der Waals surface area contributed by atoms with Gasteiger partial charge in [-0.05, 0) is 38.3 Å². The number of hydrogen-bond donors (Lipinski definition) is 2. The van der Waals surface area contributed by atoms with Crippen molar-refractivity contribution in [2.24, 2.45) is 0 Å². The molecule has 7 nitrogen and oxygen atoms in total. The highest BCUT2D eigenvalue weighted by Gasteiger charge is 2.36. The van der Waals surface area contributed by atoms with Gasteiger partial charge in [-0.3, -0.25) is 9.59 Å². The van der Waals surface area contributed by atoms with Crippen LogP contribution in [0.3, 0.4) is 0 Å². The summed E-state index contributed by atoms with van der Waals surface area (Å²) in [5.41, 5.74) is 0.414. The van der Waals surface area contributed by atoms with Crippen molar-refractivity contribution in [1.82, 2.24) is 10.2 Å². The summed E-state index contributed by atoms with van der Waals surface area (Å²) in [6.07, 6.45) is 2.22. The second-order valence-electron chi connectivity index (χ2n) is 6.27. The number of aliphatic carboxylic acids is 1. The van der Waals surface area contributed by atoms with Crippen LogP contribution in [0.1, 0.15) is 49.9 Å². The Kier molecular flexibility index (Phi) is 7.00. The summed E-state index contributed by atoms with van der Waals surface area (Å²) in [6, 6.07) is 5.36. The molecule has 2 rings (SSSR count). The quantitative estimate of drug-likeness (QED) is 0.738. The van der Waals surface area contributed by atoms with Gasteiger partial charge >= 0.3 is 5.97 Å². The molecule has 0 bridgehead atoms. The Bertz CT molecular complexity index is 661. The van der Waals surface area contributed by atoms with E-state index in [0.717, 1.165) is 0 Å². The Balaban J connectivity index is 2.15. The zero-order valence-corrected chi connectivity index (χ0v) is 15.2. The van der Waals surface area contributed by atoms with Gasteiger partial charge in [0.2, 0.25) is 5.91 Å². The van der Waals surface area contributed by atoms with Crippen LogP contribution in [-0.2, 0) is 9.59 Å². The highest BCUT2D eigenvalue weighted by Crippen LogP contribution is 2.25. The van der Waals surface area contributed by atoms with E-state index in [0.29, 0.717) is 50.1 Å². The largest absolute Gasteiger partial charge is 0.493 e. The van der Waals surface area contributed by atoms with Crippen LogP contribution in [0.15, 0.2) is 24.3 Å². The number of amides is 2. The number of rotatable bonds is 8. The third-order valence-corrected chi connectivity index (χ3v) is 4.43. The molecule has 1 aliphatic rings. The molecule has 26 heavy (non-hydrogen) atoms. The fraction of sp³-hybridized carbons (Fsp3) is 0.526. The zero-order valence-electron chi connectivity index (χ0n) is 15.2.